The minimum absolute atomic E-state index is 0.348. The number of nitrogens with two attached hydrogens (primary N) is 1. The summed E-state index contributed by atoms with van der Waals surface area (Å²) in [5, 5.41) is 0. The maximum Gasteiger partial charge on any atom is 0.281 e. The molecule has 2 N–H and O–H groups in total. The number of nitrogens with zero attached hydrogens (tertiary/aromatic N) is 2. The SMILES string of the molecule is CCN(CCN)S(=O)(=O)N(C)C. The molecular formula is C6H17N3O2S. The minimum atomic E-state index is -3.26. The third-order valence-corrected chi connectivity index (χ3v) is 3.54. The second kappa shape index (κ2) is 4.76. The summed E-state index contributed by atoms with van der Waals surface area (Å²) in [6, 6.07) is 0. The predicted octanol–water partition coefficient (Wildman–Crippen LogP) is -0.927. The highest BCUT2D eigenvalue weighted by Gasteiger charge is 2.21. The van der Waals surface area contributed by atoms with Crippen molar-refractivity contribution < 1.29 is 8.42 Å². The Hall–Kier alpha value is -0.170. The molecule has 74 valence electrons. The first kappa shape index (κ1) is 11.8. The van der Waals surface area contributed by atoms with Crippen LogP contribution in [0.3, 0.4) is 0 Å². The van der Waals surface area contributed by atoms with E-state index in [-0.39, 0.29) is 0 Å². The lowest BCUT2D eigenvalue weighted by atomic mass is 10.6. The second-order valence-electron chi connectivity index (χ2n) is 2.57. The van der Waals surface area contributed by atoms with E-state index in [0.717, 1.165) is 0 Å². The number of rotatable bonds is 5. The van der Waals surface area contributed by atoms with Crippen molar-refractivity contribution in [1.29, 1.82) is 0 Å². The lowest BCUT2D eigenvalue weighted by Gasteiger charge is -2.23. The first-order valence-corrected chi connectivity index (χ1v) is 5.24. The molecular weight excluding hydrogens is 178 g/mol. The van der Waals surface area contributed by atoms with Crippen molar-refractivity contribution in [2.75, 3.05) is 33.7 Å². The van der Waals surface area contributed by atoms with Gasteiger partial charge in [-0.05, 0) is 0 Å². The van der Waals surface area contributed by atoms with Gasteiger partial charge in [0.1, 0.15) is 0 Å². The third kappa shape index (κ3) is 2.71. The van der Waals surface area contributed by atoms with Crippen molar-refractivity contribution in [3.05, 3.63) is 0 Å². The minimum Gasteiger partial charge on any atom is -0.329 e. The zero-order chi connectivity index (χ0) is 9.78. The van der Waals surface area contributed by atoms with Crippen LogP contribution in [0.1, 0.15) is 6.92 Å². The summed E-state index contributed by atoms with van der Waals surface area (Å²) in [5.74, 6) is 0. The molecule has 0 aromatic heterocycles. The zero-order valence-corrected chi connectivity index (χ0v) is 8.63. The normalized spacial score (nSPS) is 12.8. The standard InChI is InChI=1S/C6H17N3O2S/c1-4-9(6-5-7)12(10,11)8(2)3/h4-7H2,1-3H3. The molecule has 0 heterocycles. The van der Waals surface area contributed by atoms with E-state index in [1.165, 1.54) is 22.7 Å². The molecule has 0 atom stereocenters. The summed E-state index contributed by atoms with van der Waals surface area (Å²) < 4.78 is 25.4. The van der Waals surface area contributed by atoms with Crippen LogP contribution in [-0.2, 0) is 10.2 Å². The molecule has 0 saturated carbocycles. The lowest BCUT2D eigenvalue weighted by molar-refractivity contribution is 0.392. The van der Waals surface area contributed by atoms with E-state index in [0.29, 0.717) is 19.6 Å². The van der Waals surface area contributed by atoms with Crippen LogP contribution >= 0.6 is 0 Å². The van der Waals surface area contributed by atoms with Crippen LogP contribution in [0.5, 0.6) is 0 Å². The maximum atomic E-state index is 11.4. The molecule has 0 spiro atoms. The van der Waals surface area contributed by atoms with Gasteiger partial charge in [-0.3, -0.25) is 0 Å². The highest BCUT2D eigenvalue weighted by molar-refractivity contribution is 7.86. The fraction of sp³-hybridized carbons (Fsp3) is 1.00. The van der Waals surface area contributed by atoms with Gasteiger partial charge in [-0.2, -0.15) is 17.0 Å². The Balaban J connectivity index is 4.49. The molecule has 0 aromatic carbocycles. The smallest absolute Gasteiger partial charge is 0.281 e. The Morgan fingerprint density at radius 3 is 2.08 bits per heavy atom. The van der Waals surface area contributed by atoms with E-state index in [1.54, 1.807) is 6.92 Å². The van der Waals surface area contributed by atoms with Crippen LogP contribution in [0.15, 0.2) is 0 Å². The van der Waals surface area contributed by atoms with Crippen LogP contribution in [0.4, 0.5) is 0 Å². The fourth-order valence-corrected chi connectivity index (χ4v) is 1.94. The van der Waals surface area contributed by atoms with Crippen LogP contribution in [0.2, 0.25) is 0 Å². The van der Waals surface area contributed by atoms with Gasteiger partial charge in [-0.25, -0.2) is 0 Å². The molecule has 0 rings (SSSR count). The molecule has 0 saturated heterocycles. The number of hydrogen-bond acceptors (Lipinski definition) is 3. The van der Waals surface area contributed by atoms with Gasteiger partial charge < -0.3 is 5.73 Å². The molecule has 0 bridgehead atoms. The molecule has 6 heteroatoms. The van der Waals surface area contributed by atoms with Crippen molar-refractivity contribution >= 4 is 10.2 Å². The topological polar surface area (TPSA) is 66.6 Å². The summed E-state index contributed by atoms with van der Waals surface area (Å²) in [4.78, 5) is 0. The largest absolute Gasteiger partial charge is 0.329 e. The molecule has 0 aliphatic carbocycles. The summed E-state index contributed by atoms with van der Waals surface area (Å²) in [6.07, 6.45) is 0. The number of likely N-dealkylation sites (N-methyl/N-ethyl adjacent to an activating group) is 1. The molecule has 0 aliphatic rings. The van der Waals surface area contributed by atoms with Crippen molar-refractivity contribution in [2.45, 2.75) is 6.92 Å². The zero-order valence-electron chi connectivity index (χ0n) is 7.82. The Morgan fingerprint density at radius 2 is 1.83 bits per heavy atom. The van der Waals surface area contributed by atoms with E-state index in [1.807, 2.05) is 0 Å². The van der Waals surface area contributed by atoms with Gasteiger partial charge in [0.25, 0.3) is 10.2 Å². The average Bonchev–Trinajstić information content (AvgIpc) is 1.99. The molecule has 0 amide bonds. The van der Waals surface area contributed by atoms with Crippen LogP contribution in [0, 0.1) is 0 Å². The predicted molar refractivity (Wildman–Crippen MR) is 48.9 cm³/mol. The van der Waals surface area contributed by atoms with Crippen molar-refractivity contribution in [1.82, 2.24) is 8.61 Å². The lowest BCUT2D eigenvalue weighted by Crippen LogP contribution is -2.42. The van der Waals surface area contributed by atoms with E-state index < -0.39 is 10.2 Å². The molecule has 0 fully saturated rings. The van der Waals surface area contributed by atoms with Crippen LogP contribution < -0.4 is 5.73 Å². The summed E-state index contributed by atoms with van der Waals surface area (Å²) >= 11 is 0. The highest BCUT2D eigenvalue weighted by Crippen LogP contribution is 2.01. The van der Waals surface area contributed by atoms with Gasteiger partial charge in [-0.1, -0.05) is 6.92 Å². The monoisotopic (exact) mass is 195 g/mol. The van der Waals surface area contributed by atoms with E-state index in [9.17, 15) is 8.42 Å². The molecule has 0 aliphatic heterocycles. The van der Waals surface area contributed by atoms with Gasteiger partial charge in [0.15, 0.2) is 0 Å². The quantitative estimate of drug-likeness (QED) is 0.616. The molecule has 0 aromatic rings. The summed E-state index contributed by atoms with van der Waals surface area (Å²) in [7, 11) is -0.248. The van der Waals surface area contributed by atoms with Gasteiger partial charge in [-0.15, -0.1) is 0 Å². The van der Waals surface area contributed by atoms with Gasteiger partial charge in [0.05, 0.1) is 0 Å². The first-order valence-electron chi connectivity index (χ1n) is 3.84. The van der Waals surface area contributed by atoms with E-state index >= 15 is 0 Å². The highest BCUT2D eigenvalue weighted by atomic mass is 32.2. The van der Waals surface area contributed by atoms with Crippen LogP contribution in [-0.4, -0.2) is 50.8 Å². The Labute approximate surface area is 74.3 Å². The second-order valence-corrected chi connectivity index (χ2v) is 4.71. The Kier molecular flexibility index (Phi) is 4.69. The van der Waals surface area contributed by atoms with Gasteiger partial charge in [0.2, 0.25) is 0 Å². The van der Waals surface area contributed by atoms with Crippen molar-refractivity contribution in [3.8, 4) is 0 Å². The van der Waals surface area contributed by atoms with Crippen LogP contribution in [0.25, 0.3) is 0 Å². The Morgan fingerprint density at radius 1 is 1.33 bits per heavy atom. The fourth-order valence-electron chi connectivity index (χ4n) is 0.812. The van der Waals surface area contributed by atoms with Gasteiger partial charge in [0, 0.05) is 33.7 Å². The summed E-state index contributed by atoms with van der Waals surface area (Å²) in [6.45, 7) is 2.96. The average molecular weight is 195 g/mol. The Bertz CT molecular complexity index is 213. The van der Waals surface area contributed by atoms with E-state index in [2.05, 4.69) is 0 Å². The maximum absolute atomic E-state index is 11.4. The van der Waals surface area contributed by atoms with Gasteiger partial charge >= 0.3 is 0 Å². The molecule has 0 radical (unpaired) electrons. The molecule has 0 unspecified atom stereocenters. The van der Waals surface area contributed by atoms with Crippen molar-refractivity contribution in [2.24, 2.45) is 5.73 Å². The molecule has 5 nitrogen and oxygen atoms in total. The third-order valence-electron chi connectivity index (χ3n) is 1.52. The molecule has 12 heavy (non-hydrogen) atoms. The first-order chi connectivity index (χ1) is 5.46. The van der Waals surface area contributed by atoms with E-state index in [4.69, 9.17) is 5.73 Å². The summed E-state index contributed by atoms with van der Waals surface area (Å²) in [5.41, 5.74) is 5.28. The number of hydrogen-bond donors (Lipinski definition) is 1. The van der Waals surface area contributed by atoms with Crippen molar-refractivity contribution in [3.63, 3.8) is 0 Å².